The van der Waals surface area contributed by atoms with Crippen LogP contribution in [-0.4, -0.2) is 24.6 Å². The maximum Gasteiger partial charge on any atom is 0.363 e. The molecule has 134 valence electrons. The van der Waals surface area contributed by atoms with Crippen LogP contribution in [0.15, 0.2) is 22.8 Å². The maximum atomic E-state index is 14.1. The first-order valence-electron chi connectivity index (χ1n) is 7.36. The molecule has 0 bridgehead atoms. The molecule has 2 rings (SSSR count). The molecule has 1 heterocycles. The zero-order valence-corrected chi connectivity index (χ0v) is 14.2. The average Bonchev–Trinajstić information content (AvgIpc) is 2.79. The van der Waals surface area contributed by atoms with Crippen LogP contribution >= 0.6 is 0 Å². The van der Waals surface area contributed by atoms with E-state index >= 15 is 0 Å². The minimum atomic E-state index is -0.961. The molecule has 0 saturated carbocycles. The highest BCUT2D eigenvalue weighted by atomic mass is 19.1. The Morgan fingerprint density at radius 2 is 1.88 bits per heavy atom. The Bertz CT molecular complexity index is 755. The fourth-order valence-electron chi connectivity index (χ4n) is 1.80. The summed E-state index contributed by atoms with van der Waals surface area (Å²) in [4.78, 5) is 26.8. The summed E-state index contributed by atoms with van der Waals surface area (Å²) in [6.45, 7) is 5.95. The molecule has 0 N–H and O–H groups in total. The number of esters is 2. The molecule has 0 radical (unpaired) electrons. The van der Waals surface area contributed by atoms with E-state index in [2.05, 4.69) is 9.73 Å². The summed E-state index contributed by atoms with van der Waals surface area (Å²) in [7, 11) is 0. The van der Waals surface area contributed by atoms with Crippen LogP contribution in [0.1, 0.15) is 33.3 Å². The van der Waals surface area contributed by atoms with Gasteiger partial charge in [0.2, 0.25) is 6.79 Å². The number of cyclic esters (lactones) is 1. The summed E-state index contributed by atoms with van der Waals surface area (Å²) >= 11 is 0. The summed E-state index contributed by atoms with van der Waals surface area (Å²) < 4.78 is 42.7. The first kappa shape index (κ1) is 18.6. The molecule has 0 atom stereocenters. The fourth-order valence-corrected chi connectivity index (χ4v) is 1.80. The molecule has 0 saturated heterocycles. The lowest BCUT2D eigenvalue weighted by Gasteiger charge is -2.16. The van der Waals surface area contributed by atoms with Crippen LogP contribution in [-0.2, 0) is 19.1 Å². The van der Waals surface area contributed by atoms with Crippen LogP contribution in [0.4, 0.5) is 8.78 Å². The lowest BCUT2D eigenvalue weighted by molar-refractivity contribution is -0.159. The highest BCUT2D eigenvalue weighted by Crippen LogP contribution is 2.25. The Labute approximate surface area is 143 Å². The van der Waals surface area contributed by atoms with Gasteiger partial charge < -0.3 is 14.2 Å². The van der Waals surface area contributed by atoms with Gasteiger partial charge in [-0.25, -0.2) is 18.6 Å². The number of nitrogens with zero attached hydrogens (tertiary/aromatic N) is 1. The minimum absolute atomic E-state index is 0.0951. The lowest BCUT2D eigenvalue weighted by Crippen LogP contribution is -2.24. The van der Waals surface area contributed by atoms with Crippen LogP contribution in [0, 0.1) is 17.0 Å². The number of halogens is 2. The molecular weight excluding hydrogens is 336 g/mol. The standard InChI is InChI=1S/C17H17F2NO5/c1-9-20-14(15(21)25-9)7-11-12(18)5-10(6-13(11)19)23-8-24-16(22)17(2,3)4/h5-7H,8H2,1-4H3/b14-7-. The van der Waals surface area contributed by atoms with Crippen molar-refractivity contribution in [2.75, 3.05) is 6.79 Å². The lowest BCUT2D eigenvalue weighted by atomic mass is 9.98. The molecule has 0 fully saturated rings. The second kappa shape index (κ2) is 7.00. The quantitative estimate of drug-likeness (QED) is 0.472. The largest absolute Gasteiger partial charge is 0.457 e. The number of benzene rings is 1. The Balaban J connectivity index is 2.11. The number of hydrogen-bond donors (Lipinski definition) is 0. The minimum Gasteiger partial charge on any atom is -0.457 e. The molecule has 0 aliphatic carbocycles. The first-order chi connectivity index (χ1) is 11.6. The number of aliphatic imine (C=N–C) groups is 1. The Morgan fingerprint density at radius 3 is 2.36 bits per heavy atom. The van der Waals surface area contributed by atoms with Gasteiger partial charge in [0.1, 0.15) is 17.4 Å². The van der Waals surface area contributed by atoms with Crippen molar-refractivity contribution in [1.29, 1.82) is 0 Å². The van der Waals surface area contributed by atoms with E-state index in [4.69, 9.17) is 9.47 Å². The van der Waals surface area contributed by atoms with E-state index in [0.717, 1.165) is 18.2 Å². The number of ether oxygens (including phenoxy) is 3. The van der Waals surface area contributed by atoms with Crippen molar-refractivity contribution < 1.29 is 32.6 Å². The molecule has 0 unspecified atom stereocenters. The van der Waals surface area contributed by atoms with Crippen LogP contribution in [0.25, 0.3) is 6.08 Å². The molecule has 1 aromatic rings. The summed E-state index contributed by atoms with van der Waals surface area (Å²) in [6, 6.07) is 1.83. The highest BCUT2D eigenvalue weighted by Gasteiger charge is 2.24. The number of hydrogen-bond acceptors (Lipinski definition) is 6. The highest BCUT2D eigenvalue weighted by molar-refractivity contribution is 6.06. The number of rotatable bonds is 4. The zero-order valence-electron chi connectivity index (χ0n) is 14.2. The zero-order chi connectivity index (χ0) is 18.8. The van der Waals surface area contributed by atoms with Gasteiger partial charge in [0.15, 0.2) is 11.6 Å². The van der Waals surface area contributed by atoms with Gasteiger partial charge in [-0.05, 0) is 26.8 Å². The predicted molar refractivity (Wildman–Crippen MR) is 84.6 cm³/mol. The van der Waals surface area contributed by atoms with Crippen LogP contribution in [0.2, 0.25) is 0 Å². The Hall–Kier alpha value is -2.77. The van der Waals surface area contributed by atoms with Crippen molar-refractivity contribution in [3.05, 3.63) is 35.0 Å². The van der Waals surface area contributed by atoms with Crippen LogP contribution in [0.3, 0.4) is 0 Å². The van der Waals surface area contributed by atoms with E-state index in [1.807, 2.05) is 0 Å². The second-order valence-electron chi connectivity index (χ2n) is 6.29. The SMILES string of the molecule is CC1=N/C(=C\c2c(F)cc(OCOC(=O)C(C)(C)C)cc2F)C(=O)O1. The molecule has 1 aromatic carbocycles. The van der Waals surface area contributed by atoms with E-state index in [1.165, 1.54) is 6.92 Å². The topological polar surface area (TPSA) is 74.2 Å². The molecule has 0 aromatic heterocycles. The van der Waals surface area contributed by atoms with E-state index < -0.39 is 41.3 Å². The molecule has 8 heteroatoms. The molecule has 6 nitrogen and oxygen atoms in total. The number of carbonyl (C=O) groups excluding carboxylic acids is 2. The van der Waals surface area contributed by atoms with Gasteiger partial charge in [0, 0.05) is 24.6 Å². The molecule has 0 amide bonds. The third-order valence-electron chi connectivity index (χ3n) is 3.09. The maximum absolute atomic E-state index is 14.1. The summed E-state index contributed by atoms with van der Waals surface area (Å²) in [5.74, 6) is -3.28. The van der Waals surface area contributed by atoms with E-state index in [0.29, 0.717) is 0 Å². The summed E-state index contributed by atoms with van der Waals surface area (Å²) in [6.07, 6.45) is 0.951. The Morgan fingerprint density at radius 1 is 1.28 bits per heavy atom. The molecule has 25 heavy (non-hydrogen) atoms. The van der Waals surface area contributed by atoms with Crippen molar-refractivity contribution in [2.24, 2.45) is 10.4 Å². The van der Waals surface area contributed by atoms with Crippen molar-refractivity contribution in [3.63, 3.8) is 0 Å². The monoisotopic (exact) mass is 353 g/mol. The van der Waals surface area contributed by atoms with Gasteiger partial charge in [0.25, 0.3) is 0 Å². The van der Waals surface area contributed by atoms with Crippen molar-refractivity contribution in [3.8, 4) is 5.75 Å². The summed E-state index contributed by atoms with van der Waals surface area (Å²) in [5, 5.41) is 0. The smallest absolute Gasteiger partial charge is 0.363 e. The van der Waals surface area contributed by atoms with Gasteiger partial charge in [-0.15, -0.1) is 0 Å². The molecular formula is C17H17F2NO5. The third-order valence-corrected chi connectivity index (χ3v) is 3.09. The van der Waals surface area contributed by atoms with E-state index in [-0.39, 0.29) is 17.3 Å². The Kier molecular flexibility index (Phi) is 5.20. The van der Waals surface area contributed by atoms with Gasteiger partial charge >= 0.3 is 11.9 Å². The molecule has 1 aliphatic heterocycles. The third kappa shape index (κ3) is 4.62. The average molecular weight is 353 g/mol. The van der Waals surface area contributed by atoms with Gasteiger partial charge in [-0.2, -0.15) is 0 Å². The van der Waals surface area contributed by atoms with Crippen molar-refractivity contribution >= 4 is 23.9 Å². The normalized spacial score (nSPS) is 15.8. The van der Waals surface area contributed by atoms with Crippen LogP contribution < -0.4 is 4.74 Å². The van der Waals surface area contributed by atoms with Crippen molar-refractivity contribution in [2.45, 2.75) is 27.7 Å². The van der Waals surface area contributed by atoms with E-state index in [1.54, 1.807) is 20.8 Å². The second-order valence-corrected chi connectivity index (χ2v) is 6.29. The summed E-state index contributed by atoms with van der Waals surface area (Å²) in [5.41, 5.74) is -1.38. The molecule has 0 spiro atoms. The van der Waals surface area contributed by atoms with Gasteiger partial charge in [-0.3, -0.25) is 4.79 Å². The fraction of sp³-hybridized carbons (Fsp3) is 0.353. The van der Waals surface area contributed by atoms with Crippen molar-refractivity contribution in [1.82, 2.24) is 0 Å². The first-order valence-corrected chi connectivity index (χ1v) is 7.36. The molecule has 1 aliphatic rings. The van der Waals surface area contributed by atoms with E-state index in [9.17, 15) is 18.4 Å². The predicted octanol–water partition coefficient (Wildman–Crippen LogP) is 3.21. The van der Waals surface area contributed by atoms with Crippen LogP contribution in [0.5, 0.6) is 5.75 Å². The van der Waals surface area contributed by atoms with Gasteiger partial charge in [0.05, 0.1) is 5.41 Å². The number of carbonyl (C=O) groups is 2. The van der Waals surface area contributed by atoms with Gasteiger partial charge in [-0.1, -0.05) is 0 Å².